The van der Waals surface area contributed by atoms with Gasteiger partial charge in [0.2, 0.25) is 10.0 Å². The molecule has 24 heavy (non-hydrogen) atoms. The molecule has 0 saturated carbocycles. The van der Waals surface area contributed by atoms with E-state index in [1.807, 2.05) is 0 Å². The van der Waals surface area contributed by atoms with Gasteiger partial charge in [-0.05, 0) is 44.9 Å². The minimum absolute atomic E-state index is 0.0171. The number of aliphatic carboxylic acids is 1. The number of benzene rings is 1. The van der Waals surface area contributed by atoms with Gasteiger partial charge in [0.05, 0.1) is 4.90 Å². The van der Waals surface area contributed by atoms with Crippen molar-refractivity contribution in [2.45, 2.75) is 51.0 Å². The second-order valence-electron chi connectivity index (χ2n) is 6.21. The average Bonchev–Trinajstić information content (AvgIpc) is 2.45. The predicted molar refractivity (Wildman–Crippen MR) is 90.5 cm³/mol. The van der Waals surface area contributed by atoms with E-state index in [4.69, 9.17) is 5.11 Å². The lowest BCUT2D eigenvalue weighted by atomic mass is 9.97. The molecule has 1 rings (SSSR count). The number of amides is 1. The molecule has 0 heterocycles. The molecule has 3 N–H and O–H groups in total. The molecular formula is C16H24N2O5S. The lowest BCUT2D eigenvalue weighted by molar-refractivity contribution is -0.137. The molecule has 0 atom stereocenters. The van der Waals surface area contributed by atoms with Crippen molar-refractivity contribution in [3.63, 3.8) is 0 Å². The maximum Gasteiger partial charge on any atom is 0.303 e. The summed E-state index contributed by atoms with van der Waals surface area (Å²) in [5.74, 6) is -1.37. The summed E-state index contributed by atoms with van der Waals surface area (Å²) < 4.78 is 26.5. The highest BCUT2D eigenvalue weighted by Crippen LogP contribution is 2.18. The molecule has 0 aromatic heterocycles. The Bertz CT molecular complexity index is 726. The quantitative estimate of drug-likeness (QED) is 0.656. The minimum atomic E-state index is -3.66. The van der Waals surface area contributed by atoms with Crippen LogP contribution in [0.15, 0.2) is 23.1 Å². The smallest absolute Gasteiger partial charge is 0.303 e. The van der Waals surface area contributed by atoms with Crippen LogP contribution in [0, 0.1) is 6.92 Å². The van der Waals surface area contributed by atoms with Gasteiger partial charge < -0.3 is 10.4 Å². The summed E-state index contributed by atoms with van der Waals surface area (Å²) in [6.45, 7) is 7.08. The average molecular weight is 356 g/mol. The fourth-order valence-corrected chi connectivity index (χ4v) is 3.21. The van der Waals surface area contributed by atoms with E-state index in [0.29, 0.717) is 5.56 Å². The normalized spacial score (nSPS) is 12.0. The number of carbonyl (C=O) groups is 2. The second-order valence-corrected chi connectivity index (χ2v) is 7.98. The highest BCUT2D eigenvalue weighted by Gasteiger charge is 2.24. The van der Waals surface area contributed by atoms with Crippen molar-refractivity contribution in [3.05, 3.63) is 29.3 Å². The molecule has 0 saturated heterocycles. The maximum atomic E-state index is 12.5. The number of carboxylic acid groups (broad SMARTS) is 1. The zero-order valence-electron chi connectivity index (χ0n) is 14.3. The number of nitrogens with one attached hydrogen (secondary N) is 2. The van der Waals surface area contributed by atoms with Gasteiger partial charge in [-0.25, -0.2) is 13.1 Å². The molecule has 1 aromatic carbocycles. The van der Waals surface area contributed by atoms with Crippen molar-refractivity contribution >= 4 is 21.9 Å². The second kappa shape index (κ2) is 7.76. The molecule has 1 amide bonds. The van der Waals surface area contributed by atoms with E-state index >= 15 is 0 Å². The van der Waals surface area contributed by atoms with E-state index in [1.54, 1.807) is 33.8 Å². The topological polar surface area (TPSA) is 113 Å². The first-order chi connectivity index (χ1) is 11.0. The van der Waals surface area contributed by atoms with Crippen LogP contribution in [0.3, 0.4) is 0 Å². The molecule has 8 heteroatoms. The summed E-state index contributed by atoms with van der Waals surface area (Å²) in [5, 5.41) is 11.5. The summed E-state index contributed by atoms with van der Waals surface area (Å²) in [7, 11) is -3.66. The standard InChI is InChI=1S/C16H24N2O5S/c1-5-17-24(22,23)12-7-6-11(2)13(10-12)15(21)18-16(3,4)9-8-14(19)20/h6-7,10,17H,5,8-9H2,1-4H3,(H,18,21)(H,19,20). The van der Waals surface area contributed by atoms with Crippen LogP contribution in [0.5, 0.6) is 0 Å². The Morgan fingerprint density at radius 3 is 2.42 bits per heavy atom. The molecule has 0 radical (unpaired) electrons. The lowest BCUT2D eigenvalue weighted by Crippen LogP contribution is -2.44. The molecule has 0 bridgehead atoms. The highest BCUT2D eigenvalue weighted by molar-refractivity contribution is 7.89. The van der Waals surface area contributed by atoms with Gasteiger partial charge in [0, 0.05) is 24.1 Å². The third-order valence-electron chi connectivity index (χ3n) is 3.51. The minimum Gasteiger partial charge on any atom is -0.481 e. The van der Waals surface area contributed by atoms with Crippen LogP contribution in [0.2, 0.25) is 0 Å². The van der Waals surface area contributed by atoms with Crippen molar-refractivity contribution in [1.82, 2.24) is 10.0 Å². The molecule has 0 aliphatic carbocycles. The van der Waals surface area contributed by atoms with Crippen LogP contribution in [0.4, 0.5) is 0 Å². The Morgan fingerprint density at radius 2 is 1.88 bits per heavy atom. The van der Waals surface area contributed by atoms with Gasteiger partial charge in [-0.1, -0.05) is 13.0 Å². The SMILES string of the molecule is CCNS(=O)(=O)c1ccc(C)c(C(=O)NC(C)(C)CCC(=O)O)c1. The zero-order valence-corrected chi connectivity index (χ0v) is 15.2. The Morgan fingerprint density at radius 1 is 1.25 bits per heavy atom. The summed E-state index contributed by atoms with van der Waals surface area (Å²) in [4.78, 5) is 23.2. The molecule has 0 aliphatic heterocycles. The van der Waals surface area contributed by atoms with Gasteiger partial charge in [0.15, 0.2) is 0 Å². The highest BCUT2D eigenvalue weighted by atomic mass is 32.2. The van der Waals surface area contributed by atoms with Gasteiger partial charge in [-0.15, -0.1) is 0 Å². The van der Waals surface area contributed by atoms with E-state index in [1.165, 1.54) is 12.1 Å². The molecule has 1 aromatic rings. The fraction of sp³-hybridized carbons (Fsp3) is 0.500. The number of aryl methyl sites for hydroxylation is 1. The van der Waals surface area contributed by atoms with Crippen LogP contribution >= 0.6 is 0 Å². The van der Waals surface area contributed by atoms with Crippen molar-refractivity contribution < 1.29 is 23.1 Å². The first kappa shape index (κ1) is 20.1. The van der Waals surface area contributed by atoms with Crippen LogP contribution in [-0.2, 0) is 14.8 Å². The van der Waals surface area contributed by atoms with Gasteiger partial charge in [0.1, 0.15) is 0 Å². The van der Waals surface area contributed by atoms with E-state index in [9.17, 15) is 18.0 Å². The number of carbonyl (C=O) groups excluding carboxylic acids is 1. The molecule has 7 nitrogen and oxygen atoms in total. The van der Waals surface area contributed by atoms with E-state index in [0.717, 1.165) is 0 Å². The summed E-state index contributed by atoms with van der Waals surface area (Å²) in [5.41, 5.74) is 0.160. The van der Waals surface area contributed by atoms with E-state index in [2.05, 4.69) is 10.0 Å². The Balaban J connectivity index is 3.04. The zero-order chi connectivity index (χ0) is 18.5. The molecule has 0 fully saturated rings. The number of sulfonamides is 1. The van der Waals surface area contributed by atoms with Crippen molar-refractivity contribution in [2.24, 2.45) is 0 Å². The van der Waals surface area contributed by atoms with Gasteiger partial charge in [-0.2, -0.15) is 0 Å². The summed E-state index contributed by atoms with van der Waals surface area (Å²) in [6, 6.07) is 4.35. The Kier molecular flexibility index (Phi) is 6.50. The molecule has 0 unspecified atom stereocenters. The molecule has 134 valence electrons. The van der Waals surface area contributed by atoms with E-state index < -0.39 is 27.4 Å². The third kappa shape index (κ3) is 5.61. The van der Waals surface area contributed by atoms with Gasteiger partial charge >= 0.3 is 5.97 Å². The Labute approximate surface area is 142 Å². The number of rotatable bonds is 8. The summed E-state index contributed by atoms with van der Waals surface area (Å²) >= 11 is 0. The van der Waals surface area contributed by atoms with Crippen LogP contribution in [0.25, 0.3) is 0 Å². The Hall–Kier alpha value is -1.93. The number of hydrogen-bond acceptors (Lipinski definition) is 4. The molecular weight excluding hydrogens is 332 g/mol. The molecule has 0 aliphatic rings. The first-order valence-electron chi connectivity index (χ1n) is 7.63. The third-order valence-corrected chi connectivity index (χ3v) is 5.06. The van der Waals surface area contributed by atoms with Crippen molar-refractivity contribution in [1.29, 1.82) is 0 Å². The predicted octanol–water partition coefficient (Wildman–Crippen LogP) is 1.67. The number of hydrogen-bond donors (Lipinski definition) is 3. The van der Waals surface area contributed by atoms with Gasteiger partial charge in [-0.3, -0.25) is 9.59 Å². The van der Waals surface area contributed by atoms with Crippen LogP contribution in [-0.4, -0.2) is 37.5 Å². The van der Waals surface area contributed by atoms with Crippen LogP contribution < -0.4 is 10.0 Å². The van der Waals surface area contributed by atoms with Crippen LogP contribution in [0.1, 0.15) is 49.5 Å². The fourth-order valence-electron chi connectivity index (χ4n) is 2.14. The maximum absolute atomic E-state index is 12.5. The largest absolute Gasteiger partial charge is 0.481 e. The van der Waals surface area contributed by atoms with E-state index in [-0.39, 0.29) is 29.8 Å². The van der Waals surface area contributed by atoms with Gasteiger partial charge in [0.25, 0.3) is 5.91 Å². The van der Waals surface area contributed by atoms with Crippen molar-refractivity contribution in [3.8, 4) is 0 Å². The van der Waals surface area contributed by atoms with Crippen molar-refractivity contribution in [2.75, 3.05) is 6.54 Å². The lowest BCUT2D eigenvalue weighted by Gasteiger charge is -2.26. The summed E-state index contributed by atoms with van der Waals surface area (Å²) in [6.07, 6.45) is 0.198. The number of carboxylic acids is 1. The molecule has 0 spiro atoms. The monoisotopic (exact) mass is 356 g/mol. The first-order valence-corrected chi connectivity index (χ1v) is 9.11.